The van der Waals surface area contributed by atoms with Crippen LogP contribution in [-0.4, -0.2) is 28.1 Å². The van der Waals surface area contributed by atoms with Crippen molar-refractivity contribution in [2.75, 3.05) is 23.5 Å². The molecule has 0 amide bonds. The van der Waals surface area contributed by atoms with Gasteiger partial charge in [0.05, 0.1) is 6.61 Å². The Morgan fingerprint density at radius 1 is 1.53 bits per heavy atom. The van der Waals surface area contributed by atoms with E-state index in [1.165, 1.54) is 0 Å². The van der Waals surface area contributed by atoms with E-state index in [0.29, 0.717) is 5.82 Å². The summed E-state index contributed by atoms with van der Waals surface area (Å²) in [5.41, 5.74) is 4.70. The van der Waals surface area contributed by atoms with Gasteiger partial charge in [0.2, 0.25) is 0 Å². The summed E-state index contributed by atoms with van der Waals surface area (Å²) in [4.78, 5) is 8.99. The maximum Gasteiger partial charge on any atom is 0.160 e. The maximum absolute atomic E-state index is 5.68. The smallest absolute Gasteiger partial charge is 0.160 e. The Kier molecular flexibility index (Phi) is 4.20. The highest BCUT2D eigenvalue weighted by Crippen LogP contribution is 2.26. The Labute approximate surface area is 106 Å². The quantitative estimate of drug-likeness (QED) is 0.628. The first-order chi connectivity index (χ1) is 8.26. The first-order valence-corrected chi connectivity index (χ1v) is 6.95. The minimum atomic E-state index is -0.00884. The molecule has 2 heterocycles. The number of hydrogen-bond acceptors (Lipinski definition) is 6. The number of thioether (sulfide) groups is 1. The highest BCUT2D eigenvalue weighted by molar-refractivity contribution is 7.99. The minimum absolute atomic E-state index is 0.00884. The molecule has 0 bridgehead atoms. The zero-order chi connectivity index (χ0) is 12.3. The van der Waals surface area contributed by atoms with Crippen molar-refractivity contribution in [3.05, 3.63) is 17.1 Å². The lowest BCUT2D eigenvalue weighted by Crippen LogP contribution is -2.21. The Balaban J connectivity index is 2.31. The van der Waals surface area contributed by atoms with E-state index in [0.717, 1.165) is 41.6 Å². The molecule has 0 spiro atoms. The van der Waals surface area contributed by atoms with Crippen molar-refractivity contribution in [1.82, 2.24) is 9.97 Å². The van der Waals surface area contributed by atoms with Gasteiger partial charge in [0.1, 0.15) is 11.9 Å². The van der Waals surface area contributed by atoms with Crippen molar-refractivity contribution in [3.8, 4) is 0 Å². The standard InChI is InChI=1S/C11H18N4OS/c1-3-8-7(2)13-11(14-10(8)15-12)9-6-17-5-4-16-9/h9H,3-6,12H2,1-2H3,(H,13,14,15). The van der Waals surface area contributed by atoms with Crippen LogP contribution >= 0.6 is 11.8 Å². The van der Waals surface area contributed by atoms with E-state index in [2.05, 4.69) is 22.3 Å². The molecule has 5 nitrogen and oxygen atoms in total. The van der Waals surface area contributed by atoms with Crippen LogP contribution in [0.4, 0.5) is 5.82 Å². The van der Waals surface area contributed by atoms with Crippen molar-refractivity contribution in [2.24, 2.45) is 5.84 Å². The largest absolute Gasteiger partial charge is 0.368 e. The number of ether oxygens (including phenoxy) is 1. The predicted octanol–water partition coefficient (Wildman–Crippen LogP) is 1.44. The van der Waals surface area contributed by atoms with Gasteiger partial charge in [-0.3, -0.25) is 0 Å². The number of nitrogens with zero attached hydrogens (tertiary/aromatic N) is 2. The van der Waals surface area contributed by atoms with Crippen molar-refractivity contribution >= 4 is 17.6 Å². The molecule has 0 saturated carbocycles. The molecule has 0 aromatic carbocycles. The lowest BCUT2D eigenvalue weighted by molar-refractivity contribution is 0.0694. The molecule has 1 aromatic rings. The van der Waals surface area contributed by atoms with Gasteiger partial charge in [-0.05, 0) is 13.3 Å². The topological polar surface area (TPSA) is 73.1 Å². The highest BCUT2D eigenvalue weighted by atomic mass is 32.2. The van der Waals surface area contributed by atoms with E-state index < -0.39 is 0 Å². The summed E-state index contributed by atoms with van der Waals surface area (Å²) in [6.07, 6.45) is 0.858. The Morgan fingerprint density at radius 3 is 2.94 bits per heavy atom. The van der Waals surface area contributed by atoms with Gasteiger partial charge >= 0.3 is 0 Å². The molecule has 3 N–H and O–H groups in total. The van der Waals surface area contributed by atoms with Gasteiger partial charge < -0.3 is 10.2 Å². The Hall–Kier alpha value is -0.850. The first kappa shape index (κ1) is 12.6. The van der Waals surface area contributed by atoms with Crippen LogP contribution in [0.15, 0.2) is 0 Å². The molecule has 2 rings (SSSR count). The normalized spacial score (nSPS) is 20.3. The third-order valence-corrected chi connectivity index (χ3v) is 3.82. The van der Waals surface area contributed by atoms with E-state index in [1.54, 1.807) is 0 Å². The molecule has 1 saturated heterocycles. The molecule has 1 fully saturated rings. The van der Waals surface area contributed by atoms with Gasteiger partial charge in [-0.25, -0.2) is 15.8 Å². The summed E-state index contributed by atoms with van der Waals surface area (Å²) < 4.78 is 5.68. The predicted molar refractivity (Wildman–Crippen MR) is 70.0 cm³/mol. The van der Waals surface area contributed by atoms with Crippen LogP contribution < -0.4 is 11.3 Å². The lowest BCUT2D eigenvalue weighted by atomic mass is 10.1. The van der Waals surface area contributed by atoms with Crippen LogP contribution in [0.1, 0.15) is 30.1 Å². The third-order valence-electron chi connectivity index (χ3n) is 2.83. The molecule has 1 aromatic heterocycles. The van der Waals surface area contributed by atoms with Crippen molar-refractivity contribution in [2.45, 2.75) is 26.4 Å². The Morgan fingerprint density at radius 2 is 2.35 bits per heavy atom. The molecule has 1 atom stereocenters. The number of hydrogen-bond donors (Lipinski definition) is 2. The van der Waals surface area contributed by atoms with Gasteiger partial charge in [0.15, 0.2) is 5.82 Å². The number of anilines is 1. The Bertz CT molecular complexity index is 393. The molecular weight excluding hydrogens is 236 g/mol. The third kappa shape index (κ3) is 2.70. The number of aryl methyl sites for hydroxylation is 1. The fraction of sp³-hybridized carbons (Fsp3) is 0.636. The van der Waals surface area contributed by atoms with Crippen LogP contribution in [-0.2, 0) is 11.2 Å². The molecule has 1 aliphatic rings. The number of rotatable bonds is 3. The number of nitrogen functional groups attached to an aromatic ring is 1. The summed E-state index contributed by atoms with van der Waals surface area (Å²) in [5, 5.41) is 0. The van der Waals surface area contributed by atoms with Crippen LogP contribution in [0.5, 0.6) is 0 Å². The summed E-state index contributed by atoms with van der Waals surface area (Å²) >= 11 is 1.87. The summed E-state index contributed by atoms with van der Waals surface area (Å²) in [6.45, 7) is 4.82. The van der Waals surface area contributed by atoms with Gasteiger partial charge in [-0.1, -0.05) is 6.92 Å². The van der Waals surface area contributed by atoms with E-state index in [9.17, 15) is 0 Å². The van der Waals surface area contributed by atoms with Gasteiger partial charge in [0.25, 0.3) is 0 Å². The molecule has 1 aliphatic heterocycles. The zero-order valence-electron chi connectivity index (χ0n) is 10.2. The monoisotopic (exact) mass is 254 g/mol. The molecule has 0 radical (unpaired) electrons. The second kappa shape index (κ2) is 5.66. The molecule has 0 aliphatic carbocycles. The van der Waals surface area contributed by atoms with Crippen molar-refractivity contribution in [3.63, 3.8) is 0 Å². The molecular formula is C11H18N4OS. The molecule has 1 unspecified atom stereocenters. The minimum Gasteiger partial charge on any atom is -0.368 e. The number of hydrazine groups is 1. The number of aromatic nitrogens is 2. The summed E-state index contributed by atoms with van der Waals surface area (Å²) in [7, 11) is 0. The summed E-state index contributed by atoms with van der Waals surface area (Å²) in [5.74, 6) is 8.92. The van der Waals surface area contributed by atoms with Crippen LogP contribution in [0.25, 0.3) is 0 Å². The molecule has 17 heavy (non-hydrogen) atoms. The van der Waals surface area contributed by atoms with E-state index in [1.807, 2.05) is 18.7 Å². The highest BCUT2D eigenvalue weighted by Gasteiger charge is 2.21. The second-order valence-corrected chi connectivity index (χ2v) is 5.08. The average molecular weight is 254 g/mol. The second-order valence-electron chi connectivity index (χ2n) is 3.93. The van der Waals surface area contributed by atoms with Crippen LogP contribution in [0.2, 0.25) is 0 Å². The maximum atomic E-state index is 5.68. The number of nitrogens with one attached hydrogen (secondary N) is 1. The van der Waals surface area contributed by atoms with Crippen LogP contribution in [0, 0.1) is 6.92 Å². The number of nitrogens with two attached hydrogens (primary N) is 1. The molecule has 94 valence electrons. The fourth-order valence-corrected chi connectivity index (χ4v) is 2.78. The molecule has 6 heteroatoms. The van der Waals surface area contributed by atoms with Crippen molar-refractivity contribution < 1.29 is 4.74 Å². The fourth-order valence-electron chi connectivity index (χ4n) is 1.94. The first-order valence-electron chi connectivity index (χ1n) is 5.79. The zero-order valence-corrected chi connectivity index (χ0v) is 11.0. The van der Waals surface area contributed by atoms with E-state index in [-0.39, 0.29) is 6.10 Å². The van der Waals surface area contributed by atoms with Crippen LogP contribution in [0.3, 0.4) is 0 Å². The summed E-state index contributed by atoms with van der Waals surface area (Å²) in [6, 6.07) is 0. The van der Waals surface area contributed by atoms with Crippen molar-refractivity contribution in [1.29, 1.82) is 0 Å². The lowest BCUT2D eigenvalue weighted by Gasteiger charge is -2.22. The average Bonchev–Trinajstić information content (AvgIpc) is 2.38. The van der Waals surface area contributed by atoms with Gasteiger partial charge in [0, 0.05) is 22.8 Å². The van der Waals surface area contributed by atoms with Gasteiger partial charge in [-0.15, -0.1) is 0 Å². The SMILES string of the molecule is CCc1c(C)nc(C2CSCCO2)nc1NN. The van der Waals surface area contributed by atoms with E-state index in [4.69, 9.17) is 10.6 Å². The van der Waals surface area contributed by atoms with E-state index >= 15 is 0 Å². The van der Waals surface area contributed by atoms with Gasteiger partial charge in [-0.2, -0.15) is 11.8 Å².